The molecule has 3 rings (SSSR count). The number of benzene rings is 2. The third kappa shape index (κ3) is 2.48. The van der Waals surface area contributed by atoms with Crippen molar-refractivity contribution in [3.8, 4) is 23.0 Å². The molecule has 2 aromatic rings. The number of azide groups is 1. The monoisotopic (exact) mass is 507 g/mol. The van der Waals surface area contributed by atoms with E-state index in [-0.39, 0.29) is 0 Å². The third-order valence-electron chi connectivity index (χ3n) is 2.59. The van der Waals surface area contributed by atoms with Crippen LogP contribution in [0.25, 0.3) is 10.4 Å². The van der Waals surface area contributed by atoms with Crippen molar-refractivity contribution in [3.63, 3.8) is 0 Å². The first-order valence-corrected chi connectivity index (χ1v) is 7.98. The van der Waals surface area contributed by atoms with E-state index in [4.69, 9.17) is 15.0 Å². The topological polar surface area (TPSA) is 67.2 Å². The molecule has 1 heterocycles. The highest BCUT2D eigenvalue weighted by molar-refractivity contribution is 14.1. The first-order valence-electron chi connectivity index (χ1n) is 5.32. The number of nitrogens with zero attached hydrogens (tertiary/aromatic N) is 3. The van der Waals surface area contributed by atoms with Crippen molar-refractivity contribution < 1.29 is 9.47 Å². The fraction of sp³-hybridized carbons (Fsp3) is 0. The van der Waals surface area contributed by atoms with Gasteiger partial charge in [0.1, 0.15) is 0 Å². The number of hydrogen-bond donors (Lipinski definition) is 0. The lowest BCUT2D eigenvalue weighted by molar-refractivity contribution is 0.359. The van der Waals surface area contributed by atoms with E-state index in [0.29, 0.717) is 28.7 Å². The van der Waals surface area contributed by atoms with Crippen LogP contribution in [0.3, 0.4) is 0 Å². The zero-order chi connectivity index (χ0) is 14.3. The molecule has 0 aromatic heterocycles. The van der Waals surface area contributed by atoms with Crippen molar-refractivity contribution in [2.75, 3.05) is 0 Å². The van der Waals surface area contributed by atoms with Gasteiger partial charge in [-0.25, -0.2) is 0 Å². The second-order valence-corrected chi connectivity index (χ2v) is 6.73. The van der Waals surface area contributed by atoms with Gasteiger partial charge in [-0.1, -0.05) is 5.11 Å². The average Bonchev–Trinajstić information content (AvgIpc) is 2.40. The molecule has 0 unspecified atom stereocenters. The minimum Gasteiger partial charge on any atom is -0.449 e. The minimum absolute atomic E-state index is 0.509. The van der Waals surface area contributed by atoms with Crippen molar-refractivity contribution in [2.24, 2.45) is 5.11 Å². The zero-order valence-corrected chi connectivity index (χ0v) is 14.9. The minimum atomic E-state index is 0.509. The van der Waals surface area contributed by atoms with E-state index in [0.717, 1.165) is 12.5 Å². The third-order valence-corrected chi connectivity index (χ3v) is 5.30. The second-order valence-electron chi connectivity index (χ2n) is 3.86. The molecule has 2 aromatic carbocycles. The Bertz CT molecular complexity index is 776. The lowest BCUT2D eigenvalue weighted by Gasteiger charge is -2.21. The molecule has 1 aliphatic rings. The van der Waals surface area contributed by atoms with Crippen LogP contribution in [-0.2, 0) is 0 Å². The molecule has 5 nitrogen and oxygen atoms in total. The Labute approximate surface area is 144 Å². The lowest BCUT2D eigenvalue weighted by atomic mass is 10.2. The Morgan fingerprint density at radius 2 is 1.45 bits per heavy atom. The molecular formula is C12H4Br2IN3O2. The summed E-state index contributed by atoms with van der Waals surface area (Å²) in [6.07, 6.45) is 0. The van der Waals surface area contributed by atoms with Crippen molar-refractivity contribution >= 4 is 60.1 Å². The summed E-state index contributed by atoms with van der Waals surface area (Å²) < 4.78 is 14.1. The summed E-state index contributed by atoms with van der Waals surface area (Å²) in [6.45, 7) is 0. The molecule has 100 valence electrons. The predicted octanol–water partition coefficient (Wildman–Crippen LogP) is 6.66. The van der Waals surface area contributed by atoms with E-state index in [9.17, 15) is 0 Å². The van der Waals surface area contributed by atoms with Crippen LogP contribution in [0.4, 0.5) is 5.69 Å². The highest BCUT2D eigenvalue weighted by Crippen LogP contribution is 2.49. The van der Waals surface area contributed by atoms with Crippen LogP contribution < -0.4 is 9.47 Å². The van der Waals surface area contributed by atoms with Gasteiger partial charge in [0.15, 0.2) is 23.0 Å². The van der Waals surface area contributed by atoms with Gasteiger partial charge in [0, 0.05) is 29.6 Å². The normalized spacial score (nSPS) is 11.6. The van der Waals surface area contributed by atoms with E-state index in [2.05, 4.69) is 64.5 Å². The van der Waals surface area contributed by atoms with Gasteiger partial charge in [0.05, 0.1) is 5.69 Å². The Morgan fingerprint density at radius 3 is 2.00 bits per heavy atom. The molecule has 20 heavy (non-hydrogen) atoms. The van der Waals surface area contributed by atoms with E-state index in [1.165, 1.54) is 0 Å². The maximum atomic E-state index is 8.54. The number of fused-ring (bicyclic) bond motifs is 2. The predicted molar refractivity (Wildman–Crippen MR) is 90.0 cm³/mol. The summed E-state index contributed by atoms with van der Waals surface area (Å²) in [7, 11) is 0. The number of hydrogen-bond acceptors (Lipinski definition) is 3. The molecule has 0 N–H and O–H groups in total. The lowest BCUT2D eigenvalue weighted by Crippen LogP contribution is -1.99. The van der Waals surface area contributed by atoms with Gasteiger partial charge in [-0.15, -0.1) is 0 Å². The van der Waals surface area contributed by atoms with Gasteiger partial charge in [0.2, 0.25) is 0 Å². The Kier molecular flexibility index (Phi) is 3.80. The fourth-order valence-electron chi connectivity index (χ4n) is 1.72. The SMILES string of the molecule is [N-]=[N+]=Nc1cc2c(cc1I)Oc1cc(Br)c(Br)cc1O2. The molecule has 0 amide bonds. The molecule has 0 radical (unpaired) electrons. The van der Waals surface area contributed by atoms with Crippen LogP contribution >= 0.6 is 54.5 Å². The summed E-state index contributed by atoms with van der Waals surface area (Å²) in [5, 5.41) is 3.62. The largest absolute Gasteiger partial charge is 0.449 e. The Balaban J connectivity index is 2.10. The Morgan fingerprint density at radius 1 is 0.950 bits per heavy atom. The van der Waals surface area contributed by atoms with Gasteiger partial charge < -0.3 is 9.47 Å². The van der Waals surface area contributed by atoms with Gasteiger partial charge in [-0.3, -0.25) is 0 Å². The number of rotatable bonds is 1. The Hall–Kier alpha value is -0.960. The molecule has 0 aliphatic carbocycles. The highest BCUT2D eigenvalue weighted by atomic mass is 127. The van der Waals surface area contributed by atoms with Gasteiger partial charge in [-0.05, 0) is 72.1 Å². The van der Waals surface area contributed by atoms with Crippen LogP contribution in [0.15, 0.2) is 38.3 Å². The van der Waals surface area contributed by atoms with Crippen LogP contribution in [-0.4, -0.2) is 0 Å². The van der Waals surface area contributed by atoms with Crippen LogP contribution in [0, 0.1) is 3.57 Å². The van der Waals surface area contributed by atoms with Crippen molar-refractivity contribution in [1.82, 2.24) is 0 Å². The molecule has 0 saturated carbocycles. The highest BCUT2D eigenvalue weighted by Gasteiger charge is 2.21. The van der Waals surface area contributed by atoms with Crippen LogP contribution in [0.2, 0.25) is 0 Å². The standard InChI is InChI=1S/C12H4Br2IN3O2/c13-5-1-9-10(2-6(5)14)20-12-4-8(17-18-16)7(15)3-11(12)19-9/h1-4H. The molecule has 1 aliphatic heterocycles. The summed E-state index contributed by atoms with van der Waals surface area (Å²) >= 11 is 8.92. The quantitative estimate of drug-likeness (QED) is 0.160. The van der Waals surface area contributed by atoms with E-state index in [1.54, 1.807) is 12.1 Å². The molecule has 0 spiro atoms. The van der Waals surface area contributed by atoms with Gasteiger partial charge in [-0.2, -0.15) is 0 Å². The molecule has 0 bridgehead atoms. The fourth-order valence-corrected chi connectivity index (χ4v) is 2.91. The zero-order valence-electron chi connectivity index (χ0n) is 9.60. The van der Waals surface area contributed by atoms with Crippen molar-refractivity contribution in [2.45, 2.75) is 0 Å². The summed E-state index contributed by atoms with van der Waals surface area (Å²) in [5.41, 5.74) is 9.05. The van der Waals surface area contributed by atoms with Crippen molar-refractivity contribution in [3.05, 3.63) is 47.2 Å². The van der Waals surface area contributed by atoms with E-state index in [1.807, 2.05) is 12.1 Å². The second kappa shape index (κ2) is 5.44. The summed E-state index contributed by atoms with van der Waals surface area (Å²) in [5.74, 6) is 2.34. The van der Waals surface area contributed by atoms with Crippen LogP contribution in [0.1, 0.15) is 0 Å². The molecular weight excluding hydrogens is 505 g/mol. The summed E-state index contributed by atoms with van der Waals surface area (Å²) in [6, 6.07) is 7.08. The van der Waals surface area contributed by atoms with Crippen LogP contribution in [0.5, 0.6) is 23.0 Å². The molecule has 0 saturated heterocycles. The smallest absolute Gasteiger partial charge is 0.171 e. The first-order chi connectivity index (χ1) is 9.58. The number of halogens is 3. The van der Waals surface area contributed by atoms with Gasteiger partial charge in [0.25, 0.3) is 0 Å². The molecule has 8 heteroatoms. The first kappa shape index (κ1) is 14.0. The molecule has 0 fully saturated rings. The average molecular weight is 509 g/mol. The summed E-state index contributed by atoms with van der Waals surface area (Å²) in [4.78, 5) is 2.80. The van der Waals surface area contributed by atoms with E-state index < -0.39 is 0 Å². The van der Waals surface area contributed by atoms with E-state index >= 15 is 0 Å². The van der Waals surface area contributed by atoms with Crippen molar-refractivity contribution in [1.29, 1.82) is 0 Å². The maximum Gasteiger partial charge on any atom is 0.171 e. The number of ether oxygens (including phenoxy) is 2. The van der Waals surface area contributed by atoms with Gasteiger partial charge >= 0.3 is 0 Å². The molecule has 0 atom stereocenters. The maximum absolute atomic E-state index is 8.54.